The molecule has 0 unspecified atom stereocenters. The Morgan fingerprint density at radius 2 is 2.05 bits per heavy atom. The Labute approximate surface area is 119 Å². The number of aromatic nitrogens is 4. The molecule has 1 aromatic carbocycles. The fraction of sp³-hybridized carbons (Fsp3) is 0.231. The maximum Gasteiger partial charge on any atom is 0.286 e. The number of anilines is 1. The number of hydrogen-bond donors (Lipinski definition) is 1. The van der Waals surface area contributed by atoms with Crippen molar-refractivity contribution >= 4 is 27.9 Å². The van der Waals surface area contributed by atoms with Crippen LogP contribution in [-0.2, 0) is 0 Å². The lowest BCUT2D eigenvalue weighted by Crippen LogP contribution is -2.13. The van der Waals surface area contributed by atoms with E-state index in [1.807, 2.05) is 32.0 Å². The summed E-state index contributed by atoms with van der Waals surface area (Å²) in [6, 6.07) is 5.81. The van der Waals surface area contributed by atoms with E-state index in [1.54, 1.807) is 11.4 Å². The molecule has 1 amide bonds. The zero-order chi connectivity index (χ0) is 14.3. The Hall–Kier alpha value is -2.28. The van der Waals surface area contributed by atoms with E-state index in [-0.39, 0.29) is 5.91 Å². The summed E-state index contributed by atoms with van der Waals surface area (Å²) in [4.78, 5) is 12.9. The third-order valence-electron chi connectivity index (χ3n) is 3.19. The molecule has 0 spiro atoms. The number of nitrogens with zero attached hydrogens (tertiary/aromatic N) is 4. The summed E-state index contributed by atoms with van der Waals surface area (Å²) >= 11 is 1.22. The maximum absolute atomic E-state index is 12.2. The number of amides is 1. The summed E-state index contributed by atoms with van der Waals surface area (Å²) in [7, 11) is 0. The van der Waals surface area contributed by atoms with Crippen LogP contribution in [-0.4, -0.2) is 25.7 Å². The molecule has 0 saturated heterocycles. The van der Waals surface area contributed by atoms with Crippen molar-refractivity contribution in [3.05, 3.63) is 40.2 Å². The van der Waals surface area contributed by atoms with Crippen molar-refractivity contribution in [2.24, 2.45) is 0 Å². The lowest BCUT2D eigenvalue weighted by Gasteiger charge is -2.08. The maximum atomic E-state index is 12.2. The van der Waals surface area contributed by atoms with Crippen LogP contribution in [0, 0.1) is 20.8 Å². The highest BCUT2D eigenvalue weighted by molar-refractivity contribution is 7.18. The van der Waals surface area contributed by atoms with Gasteiger partial charge in [0.05, 0.1) is 0 Å². The van der Waals surface area contributed by atoms with Crippen molar-refractivity contribution in [1.29, 1.82) is 0 Å². The fourth-order valence-corrected chi connectivity index (χ4v) is 2.65. The Bertz CT molecular complexity index is 804. The van der Waals surface area contributed by atoms with E-state index in [1.165, 1.54) is 11.3 Å². The standard InChI is InChI=1S/C13H13N5OS/c1-7-5-4-6-10(8(7)2)14-11(19)12-17-18-9(3)15-16-13(18)20-12/h4-6H,1-3H3,(H,14,19). The molecule has 6 nitrogen and oxygen atoms in total. The quantitative estimate of drug-likeness (QED) is 0.785. The van der Waals surface area contributed by atoms with E-state index in [9.17, 15) is 4.79 Å². The average Bonchev–Trinajstić information content (AvgIpc) is 2.98. The van der Waals surface area contributed by atoms with Gasteiger partial charge in [-0.25, -0.2) is 0 Å². The van der Waals surface area contributed by atoms with Crippen molar-refractivity contribution in [1.82, 2.24) is 19.8 Å². The zero-order valence-corrected chi connectivity index (χ0v) is 12.2. The highest BCUT2D eigenvalue weighted by Crippen LogP contribution is 2.20. The second-order valence-corrected chi connectivity index (χ2v) is 5.51. The van der Waals surface area contributed by atoms with Crippen LogP contribution in [0.2, 0.25) is 0 Å². The van der Waals surface area contributed by atoms with Gasteiger partial charge in [-0.1, -0.05) is 23.5 Å². The minimum absolute atomic E-state index is 0.228. The lowest BCUT2D eigenvalue weighted by atomic mass is 10.1. The van der Waals surface area contributed by atoms with Gasteiger partial charge in [0.15, 0.2) is 5.82 Å². The molecule has 0 aliphatic heterocycles. The van der Waals surface area contributed by atoms with Gasteiger partial charge in [-0.3, -0.25) is 4.79 Å². The predicted octanol–water partition coefficient (Wildman–Crippen LogP) is 2.36. The van der Waals surface area contributed by atoms with Crippen LogP contribution in [0.15, 0.2) is 18.2 Å². The molecule has 3 rings (SSSR count). The van der Waals surface area contributed by atoms with Gasteiger partial charge in [-0.2, -0.15) is 4.52 Å². The number of hydrogen-bond acceptors (Lipinski definition) is 5. The summed E-state index contributed by atoms with van der Waals surface area (Å²) < 4.78 is 1.57. The van der Waals surface area contributed by atoms with Crippen LogP contribution in [0.1, 0.15) is 26.8 Å². The van der Waals surface area contributed by atoms with Gasteiger partial charge in [0.2, 0.25) is 9.97 Å². The summed E-state index contributed by atoms with van der Waals surface area (Å²) in [5, 5.41) is 15.3. The fourth-order valence-electron chi connectivity index (χ4n) is 1.87. The zero-order valence-electron chi connectivity index (χ0n) is 11.3. The van der Waals surface area contributed by atoms with E-state index in [4.69, 9.17) is 0 Å². The second kappa shape index (κ2) is 4.68. The molecular formula is C13H13N5OS. The normalized spacial score (nSPS) is 10.9. The van der Waals surface area contributed by atoms with Gasteiger partial charge in [0, 0.05) is 5.69 Å². The molecule has 0 aliphatic rings. The van der Waals surface area contributed by atoms with Gasteiger partial charge in [-0.05, 0) is 38.0 Å². The van der Waals surface area contributed by atoms with Crippen LogP contribution in [0.5, 0.6) is 0 Å². The van der Waals surface area contributed by atoms with Crippen LogP contribution >= 0.6 is 11.3 Å². The largest absolute Gasteiger partial charge is 0.320 e. The minimum atomic E-state index is -0.228. The van der Waals surface area contributed by atoms with E-state index < -0.39 is 0 Å². The number of aryl methyl sites for hydroxylation is 2. The van der Waals surface area contributed by atoms with Crippen LogP contribution < -0.4 is 5.32 Å². The molecule has 0 aliphatic carbocycles. The molecule has 0 saturated carbocycles. The number of nitrogens with one attached hydrogen (secondary N) is 1. The molecule has 0 atom stereocenters. The van der Waals surface area contributed by atoms with Crippen LogP contribution in [0.3, 0.4) is 0 Å². The molecule has 7 heteroatoms. The predicted molar refractivity (Wildman–Crippen MR) is 77.3 cm³/mol. The number of rotatable bonds is 2. The highest BCUT2D eigenvalue weighted by Gasteiger charge is 2.16. The number of benzene rings is 1. The van der Waals surface area contributed by atoms with Crippen molar-refractivity contribution in [2.75, 3.05) is 5.32 Å². The Balaban J connectivity index is 1.90. The second-order valence-electron chi connectivity index (χ2n) is 4.55. The highest BCUT2D eigenvalue weighted by atomic mass is 32.1. The molecule has 20 heavy (non-hydrogen) atoms. The van der Waals surface area contributed by atoms with E-state index >= 15 is 0 Å². The molecule has 2 heterocycles. The number of carbonyl (C=O) groups excluding carboxylic acids is 1. The molecule has 102 valence electrons. The van der Waals surface area contributed by atoms with Crippen LogP contribution in [0.25, 0.3) is 4.96 Å². The third kappa shape index (κ3) is 2.05. The lowest BCUT2D eigenvalue weighted by molar-refractivity contribution is 0.102. The number of carbonyl (C=O) groups is 1. The van der Waals surface area contributed by atoms with Gasteiger partial charge >= 0.3 is 0 Å². The molecule has 0 radical (unpaired) electrons. The monoisotopic (exact) mass is 287 g/mol. The van der Waals surface area contributed by atoms with Gasteiger partial charge < -0.3 is 5.32 Å². The first-order chi connectivity index (χ1) is 9.56. The number of fused-ring (bicyclic) bond motifs is 1. The summed E-state index contributed by atoms with van der Waals surface area (Å²) in [5.41, 5.74) is 2.99. The third-order valence-corrected chi connectivity index (χ3v) is 4.09. The topological polar surface area (TPSA) is 72.2 Å². The first-order valence-electron chi connectivity index (χ1n) is 6.12. The Kier molecular flexibility index (Phi) is 2.98. The first kappa shape index (κ1) is 12.7. The molecule has 3 aromatic rings. The van der Waals surface area contributed by atoms with E-state index in [0.29, 0.717) is 15.8 Å². The Morgan fingerprint density at radius 3 is 2.80 bits per heavy atom. The SMILES string of the molecule is Cc1cccc(NC(=O)c2nn3c(C)nnc3s2)c1C. The first-order valence-corrected chi connectivity index (χ1v) is 6.94. The Morgan fingerprint density at radius 1 is 1.25 bits per heavy atom. The van der Waals surface area contributed by atoms with Gasteiger partial charge in [0.25, 0.3) is 5.91 Å². The summed E-state index contributed by atoms with van der Waals surface area (Å²) in [5.74, 6) is 0.440. The molecule has 2 aromatic heterocycles. The van der Waals surface area contributed by atoms with Crippen LogP contribution in [0.4, 0.5) is 5.69 Å². The summed E-state index contributed by atoms with van der Waals surface area (Å²) in [6.07, 6.45) is 0. The molecule has 1 N–H and O–H groups in total. The van der Waals surface area contributed by atoms with Gasteiger partial charge in [-0.15, -0.1) is 15.3 Å². The molecule has 0 fully saturated rings. The summed E-state index contributed by atoms with van der Waals surface area (Å²) in [6.45, 7) is 5.79. The van der Waals surface area contributed by atoms with E-state index in [0.717, 1.165) is 16.8 Å². The van der Waals surface area contributed by atoms with Gasteiger partial charge in [0.1, 0.15) is 0 Å². The van der Waals surface area contributed by atoms with Crippen molar-refractivity contribution in [2.45, 2.75) is 20.8 Å². The smallest absolute Gasteiger partial charge is 0.286 e. The average molecular weight is 287 g/mol. The van der Waals surface area contributed by atoms with E-state index in [2.05, 4.69) is 20.6 Å². The molecular weight excluding hydrogens is 274 g/mol. The minimum Gasteiger partial charge on any atom is -0.320 e. The van der Waals surface area contributed by atoms with Crippen molar-refractivity contribution in [3.8, 4) is 0 Å². The molecule has 0 bridgehead atoms. The van der Waals surface area contributed by atoms with Crippen molar-refractivity contribution in [3.63, 3.8) is 0 Å². The van der Waals surface area contributed by atoms with Crippen molar-refractivity contribution < 1.29 is 4.79 Å².